The minimum atomic E-state index is -3.26. The van der Waals surface area contributed by atoms with Gasteiger partial charge < -0.3 is 4.90 Å². The van der Waals surface area contributed by atoms with Gasteiger partial charge in [0, 0.05) is 18.5 Å². The van der Waals surface area contributed by atoms with Crippen molar-refractivity contribution in [3.63, 3.8) is 0 Å². The van der Waals surface area contributed by atoms with Crippen molar-refractivity contribution in [2.75, 3.05) is 36.2 Å². The van der Waals surface area contributed by atoms with Gasteiger partial charge in [-0.15, -0.1) is 0 Å². The summed E-state index contributed by atoms with van der Waals surface area (Å²) in [6, 6.07) is 0. The highest BCUT2D eigenvalue weighted by atomic mass is 32.2. The fourth-order valence-corrected chi connectivity index (χ4v) is 6.44. The maximum absolute atomic E-state index is 13.0. The third-order valence-electron chi connectivity index (χ3n) is 5.28. The molecule has 2 bridgehead atoms. The SMILES string of the molecule is O=S(=O)(CC12CCCN(CC1)C2)N1CCCc2[nH]ncc21. The van der Waals surface area contributed by atoms with E-state index in [0.717, 1.165) is 63.1 Å². The van der Waals surface area contributed by atoms with E-state index in [2.05, 4.69) is 15.1 Å². The highest BCUT2D eigenvalue weighted by Gasteiger charge is 2.45. The van der Waals surface area contributed by atoms with Crippen LogP contribution in [0.1, 0.15) is 31.4 Å². The van der Waals surface area contributed by atoms with Gasteiger partial charge in [-0.25, -0.2) is 8.42 Å². The number of fused-ring (bicyclic) bond motifs is 3. The molecule has 0 radical (unpaired) electrons. The number of anilines is 1. The molecule has 1 N–H and O–H groups in total. The summed E-state index contributed by atoms with van der Waals surface area (Å²) in [5.41, 5.74) is 1.71. The number of nitrogens with one attached hydrogen (secondary N) is 1. The Morgan fingerprint density at radius 1 is 1.24 bits per heavy atom. The maximum atomic E-state index is 13.0. The molecule has 7 heteroatoms. The summed E-state index contributed by atoms with van der Waals surface area (Å²) >= 11 is 0. The van der Waals surface area contributed by atoms with E-state index >= 15 is 0 Å². The first-order valence-corrected chi connectivity index (χ1v) is 9.44. The molecule has 0 aliphatic carbocycles. The maximum Gasteiger partial charge on any atom is 0.235 e. The minimum Gasteiger partial charge on any atom is -0.303 e. The molecule has 0 aromatic carbocycles. The van der Waals surface area contributed by atoms with Gasteiger partial charge in [-0.2, -0.15) is 5.10 Å². The van der Waals surface area contributed by atoms with E-state index in [-0.39, 0.29) is 5.41 Å². The van der Waals surface area contributed by atoms with Gasteiger partial charge in [-0.05, 0) is 45.2 Å². The molecule has 116 valence electrons. The van der Waals surface area contributed by atoms with Crippen LogP contribution in [0.25, 0.3) is 0 Å². The molecule has 0 amide bonds. The number of hydrogen-bond donors (Lipinski definition) is 1. The number of aromatic amines is 1. The van der Waals surface area contributed by atoms with Crippen molar-refractivity contribution in [3.8, 4) is 0 Å². The zero-order chi connectivity index (χ0) is 14.5. The van der Waals surface area contributed by atoms with Crippen molar-refractivity contribution in [3.05, 3.63) is 11.9 Å². The lowest BCUT2D eigenvalue weighted by Crippen LogP contribution is -2.44. The second-order valence-electron chi connectivity index (χ2n) is 6.80. The van der Waals surface area contributed by atoms with Crippen LogP contribution < -0.4 is 4.31 Å². The van der Waals surface area contributed by atoms with E-state index in [1.165, 1.54) is 0 Å². The summed E-state index contributed by atoms with van der Waals surface area (Å²) in [6.07, 6.45) is 6.62. The van der Waals surface area contributed by atoms with Gasteiger partial charge in [-0.1, -0.05) is 0 Å². The molecule has 3 aliphatic rings. The minimum absolute atomic E-state index is 0.0154. The number of nitrogens with zero attached hydrogens (tertiary/aromatic N) is 3. The highest BCUT2D eigenvalue weighted by Crippen LogP contribution is 2.41. The summed E-state index contributed by atoms with van der Waals surface area (Å²) < 4.78 is 27.5. The molecule has 2 unspecified atom stereocenters. The van der Waals surface area contributed by atoms with Crippen molar-refractivity contribution in [1.82, 2.24) is 15.1 Å². The number of sulfonamides is 1. The molecular weight excluding hydrogens is 288 g/mol. The summed E-state index contributed by atoms with van der Waals surface area (Å²) in [4.78, 5) is 2.42. The van der Waals surface area contributed by atoms with Crippen molar-refractivity contribution in [1.29, 1.82) is 0 Å². The van der Waals surface area contributed by atoms with Crippen LogP contribution in [0, 0.1) is 5.41 Å². The van der Waals surface area contributed by atoms with Gasteiger partial charge >= 0.3 is 0 Å². The molecule has 2 saturated heterocycles. The van der Waals surface area contributed by atoms with E-state index in [9.17, 15) is 8.42 Å². The molecule has 0 spiro atoms. The van der Waals surface area contributed by atoms with Crippen LogP contribution in [0.2, 0.25) is 0 Å². The Hall–Kier alpha value is -1.08. The number of aromatic nitrogens is 2. The summed E-state index contributed by atoms with van der Waals surface area (Å²) in [5.74, 6) is 0.293. The molecule has 3 aliphatic heterocycles. The van der Waals surface area contributed by atoms with Gasteiger partial charge in [-0.3, -0.25) is 9.40 Å². The molecule has 21 heavy (non-hydrogen) atoms. The zero-order valence-corrected chi connectivity index (χ0v) is 13.0. The van der Waals surface area contributed by atoms with Crippen molar-refractivity contribution >= 4 is 15.7 Å². The van der Waals surface area contributed by atoms with Crippen LogP contribution in [0.4, 0.5) is 5.69 Å². The topological polar surface area (TPSA) is 69.3 Å². The van der Waals surface area contributed by atoms with Crippen molar-refractivity contribution < 1.29 is 8.42 Å². The largest absolute Gasteiger partial charge is 0.303 e. The Bertz CT molecular complexity index is 637. The predicted octanol–water partition coefficient (Wildman–Crippen LogP) is 0.978. The zero-order valence-electron chi connectivity index (χ0n) is 12.2. The monoisotopic (exact) mass is 310 g/mol. The fraction of sp³-hybridized carbons (Fsp3) is 0.786. The second kappa shape index (κ2) is 4.71. The van der Waals surface area contributed by atoms with E-state index in [0.29, 0.717) is 12.3 Å². The van der Waals surface area contributed by atoms with Crippen LogP contribution in [-0.2, 0) is 16.4 Å². The molecule has 1 aromatic rings. The number of H-pyrrole nitrogens is 1. The molecule has 6 nitrogen and oxygen atoms in total. The summed E-state index contributed by atoms with van der Waals surface area (Å²) in [5, 5.41) is 6.95. The van der Waals surface area contributed by atoms with Crippen LogP contribution >= 0.6 is 0 Å². The van der Waals surface area contributed by atoms with Crippen LogP contribution in [0.3, 0.4) is 0 Å². The number of rotatable bonds is 3. The summed E-state index contributed by atoms with van der Waals surface area (Å²) in [6.45, 7) is 3.75. The molecule has 2 fully saturated rings. The van der Waals surface area contributed by atoms with E-state index in [4.69, 9.17) is 0 Å². The van der Waals surface area contributed by atoms with Crippen LogP contribution in [0.15, 0.2) is 6.20 Å². The van der Waals surface area contributed by atoms with Gasteiger partial charge in [0.05, 0.1) is 23.3 Å². The number of piperidine rings is 1. The Kier molecular flexibility index (Phi) is 3.04. The summed E-state index contributed by atoms with van der Waals surface area (Å²) in [7, 11) is -3.26. The first-order chi connectivity index (χ1) is 10.1. The molecular formula is C14H22N4O2S. The third kappa shape index (κ3) is 2.26. The van der Waals surface area contributed by atoms with E-state index in [1.54, 1.807) is 10.5 Å². The molecule has 0 saturated carbocycles. The number of hydrogen-bond acceptors (Lipinski definition) is 4. The first kappa shape index (κ1) is 13.6. The quantitative estimate of drug-likeness (QED) is 0.903. The average Bonchev–Trinajstić information content (AvgIpc) is 3.02. The second-order valence-corrected chi connectivity index (χ2v) is 8.69. The van der Waals surface area contributed by atoms with Crippen molar-refractivity contribution in [2.45, 2.75) is 32.1 Å². The fourth-order valence-electron chi connectivity index (χ4n) is 4.27. The van der Waals surface area contributed by atoms with Gasteiger partial charge in [0.25, 0.3) is 0 Å². The Morgan fingerprint density at radius 3 is 3.05 bits per heavy atom. The highest BCUT2D eigenvalue weighted by molar-refractivity contribution is 7.92. The van der Waals surface area contributed by atoms with Gasteiger partial charge in [0.1, 0.15) is 0 Å². The molecule has 2 atom stereocenters. The predicted molar refractivity (Wildman–Crippen MR) is 80.8 cm³/mol. The Labute approximate surface area is 125 Å². The van der Waals surface area contributed by atoms with Crippen LogP contribution in [-0.4, -0.2) is 55.4 Å². The lowest BCUT2D eigenvalue weighted by atomic mass is 9.83. The van der Waals surface area contributed by atoms with E-state index in [1.807, 2.05) is 0 Å². The third-order valence-corrected chi connectivity index (χ3v) is 7.30. The lowest BCUT2D eigenvalue weighted by molar-refractivity contribution is 0.202. The number of aryl methyl sites for hydroxylation is 1. The van der Waals surface area contributed by atoms with Crippen molar-refractivity contribution in [2.24, 2.45) is 5.41 Å². The van der Waals surface area contributed by atoms with Gasteiger partial charge in [0.15, 0.2) is 0 Å². The standard InChI is InChI=1S/C14H22N4O2S/c19-21(20,11-14-4-2-6-17(10-14)8-5-14)18-7-1-3-12-13(18)9-15-16-12/h9H,1-8,10-11H2,(H,15,16). The normalized spacial score (nSPS) is 32.2. The molecule has 1 aromatic heterocycles. The first-order valence-electron chi connectivity index (χ1n) is 7.83. The van der Waals surface area contributed by atoms with E-state index < -0.39 is 10.0 Å². The van der Waals surface area contributed by atoms with Crippen LogP contribution in [0.5, 0.6) is 0 Å². The van der Waals surface area contributed by atoms with Gasteiger partial charge in [0.2, 0.25) is 10.0 Å². The molecule has 4 heterocycles. The molecule has 4 rings (SSSR count). The lowest BCUT2D eigenvalue weighted by Gasteiger charge is -2.36. The Balaban J connectivity index is 1.60. The Morgan fingerprint density at radius 2 is 2.14 bits per heavy atom. The average molecular weight is 310 g/mol. The smallest absolute Gasteiger partial charge is 0.235 e.